The summed E-state index contributed by atoms with van der Waals surface area (Å²) in [4.78, 5) is 26.5. The quantitative estimate of drug-likeness (QED) is 0.676. The Morgan fingerprint density at radius 2 is 1.87 bits per heavy atom. The number of nitrogens with zero attached hydrogens (tertiary/aromatic N) is 1. The summed E-state index contributed by atoms with van der Waals surface area (Å²) in [6.07, 6.45) is 2.83. The van der Waals surface area contributed by atoms with Crippen LogP contribution in [-0.2, 0) is 10.3 Å². The fourth-order valence-electron chi connectivity index (χ4n) is 3.11. The summed E-state index contributed by atoms with van der Waals surface area (Å²) in [5, 5.41) is 4.96. The summed E-state index contributed by atoms with van der Waals surface area (Å²) in [6.45, 7) is 2.26. The molecule has 0 spiro atoms. The number of urea groups is 1. The predicted molar refractivity (Wildman–Crippen MR) is 94.5 cm³/mol. The first kappa shape index (κ1) is 15.9. The fourth-order valence-corrected chi connectivity index (χ4v) is 3.53. The van der Waals surface area contributed by atoms with Crippen LogP contribution < -0.4 is 5.32 Å². The van der Waals surface area contributed by atoms with Crippen molar-refractivity contribution in [1.82, 2.24) is 10.2 Å². The normalized spacial score (nSPS) is 21.0. The molecule has 2 aromatic rings. The molecule has 0 bridgehead atoms. The van der Waals surface area contributed by atoms with Gasteiger partial charge in [0, 0.05) is 6.54 Å². The summed E-state index contributed by atoms with van der Waals surface area (Å²) in [7, 11) is 0. The molecule has 2 aromatic carbocycles. The number of fused-ring (bicyclic) bond motifs is 1. The topological polar surface area (TPSA) is 49.4 Å². The Morgan fingerprint density at radius 3 is 2.65 bits per heavy atom. The second-order valence-corrected chi connectivity index (χ2v) is 6.87. The second-order valence-electron chi connectivity index (χ2n) is 5.89. The van der Waals surface area contributed by atoms with Gasteiger partial charge < -0.3 is 5.32 Å². The van der Waals surface area contributed by atoms with Crippen LogP contribution in [0.5, 0.6) is 0 Å². The number of imide groups is 1. The van der Waals surface area contributed by atoms with Crippen LogP contribution in [-0.4, -0.2) is 35.4 Å². The smallest absolute Gasteiger partial charge is 0.319 e. The minimum atomic E-state index is -1.00. The lowest BCUT2D eigenvalue weighted by Crippen LogP contribution is -2.41. The van der Waals surface area contributed by atoms with Gasteiger partial charge in [-0.05, 0) is 41.7 Å². The molecule has 0 unspecified atom stereocenters. The second kappa shape index (κ2) is 6.24. The van der Waals surface area contributed by atoms with E-state index in [1.165, 1.54) is 4.90 Å². The minimum Gasteiger partial charge on any atom is -0.319 e. The molecule has 1 aliphatic rings. The maximum Gasteiger partial charge on any atom is 0.325 e. The number of benzene rings is 2. The molecule has 0 aliphatic carbocycles. The third-order valence-corrected chi connectivity index (χ3v) is 5.03. The van der Waals surface area contributed by atoms with Crippen molar-refractivity contribution in [2.75, 3.05) is 18.6 Å². The van der Waals surface area contributed by atoms with E-state index in [9.17, 15) is 9.59 Å². The van der Waals surface area contributed by atoms with Crippen molar-refractivity contribution >= 4 is 34.5 Å². The van der Waals surface area contributed by atoms with Gasteiger partial charge in [0.25, 0.3) is 5.91 Å². The maximum atomic E-state index is 12.9. The molecule has 4 nitrogen and oxygen atoms in total. The van der Waals surface area contributed by atoms with Crippen molar-refractivity contribution in [3.05, 3.63) is 48.0 Å². The highest BCUT2D eigenvalue weighted by Crippen LogP contribution is 2.33. The first-order valence-electron chi connectivity index (χ1n) is 7.69. The van der Waals surface area contributed by atoms with Crippen LogP contribution in [0.2, 0.25) is 0 Å². The molecule has 0 radical (unpaired) electrons. The average Bonchev–Trinajstić information content (AvgIpc) is 2.78. The number of nitrogens with one attached hydrogen (secondary N) is 1. The van der Waals surface area contributed by atoms with E-state index in [4.69, 9.17) is 0 Å². The van der Waals surface area contributed by atoms with Gasteiger partial charge in [0.2, 0.25) is 0 Å². The molecule has 23 heavy (non-hydrogen) atoms. The lowest BCUT2D eigenvalue weighted by atomic mass is 9.88. The minimum absolute atomic E-state index is 0.167. The molecule has 1 heterocycles. The van der Waals surface area contributed by atoms with Crippen molar-refractivity contribution in [1.29, 1.82) is 0 Å². The average molecular weight is 328 g/mol. The molecule has 1 saturated heterocycles. The number of carbonyl (C=O) groups is 2. The number of amides is 3. The van der Waals surface area contributed by atoms with Gasteiger partial charge in [0.15, 0.2) is 0 Å². The molecule has 3 amide bonds. The van der Waals surface area contributed by atoms with Gasteiger partial charge in [0.1, 0.15) is 5.54 Å². The van der Waals surface area contributed by atoms with Gasteiger partial charge in [-0.1, -0.05) is 42.5 Å². The van der Waals surface area contributed by atoms with Crippen molar-refractivity contribution in [2.45, 2.75) is 18.9 Å². The van der Waals surface area contributed by atoms with Gasteiger partial charge in [-0.25, -0.2) is 4.79 Å². The van der Waals surface area contributed by atoms with Gasteiger partial charge in [-0.15, -0.1) is 0 Å². The third kappa shape index (κ3) is 2.70. The molecular formula is C18H20N2O2S. The Labute approximate surface area is 140 Å². The number of carbonyl (C=O) groups excluding carboxylic acids is 2. The van der Waals surface area contributed by atoms with E-state index in [0.717, 1.165) is 28.5 Å². The Hall–Kier alpha value is -2.01. The van der Waals surface area contributed by atoms with Crippen LogP contribution in [0, 0.1) is 0 Å². The SMILES string of the molecule is CSCCCN1C(=O)N[C@@](C)(c2cccc3ccccc23)C1=O. The van der Waals surface area contributed by atoms with Crippen molar-refractivity contribution in [2.24, 2.45) is 0 Å². The van der Waals surface area contributed by atoms with E-state index in [1.54, 1.807) is 18.7 Å². The number of thioether (sulfide) groups is 1. The van der Waals surface area contributed by atoms with Crippen LogP contribution in [0.15, 0.2) is 42.5 Å². The predicted octanol–water partition coefficient (Wildman–Crippen LogP) is 3.36. The largest absolute Gasteiger partial charge is 0.325 e. The number of hydrogen-bond donors (Lipinski definition) is 1. The molecule has 0 saturated carbocycles. The van der Waals surface area contributed by atoms with Gasteiger partial charge in [-0.3, -0.25) is 9.69 Å². The van der Waals surface area contributed by atoms with Crippen LogP contribution in [0.1, 0.15) is 18.9 Å². The highest BCUT2D eigenvalue weighted by Gasteiger charge is 2.49. The molecule has 120 valence electrons. The maximum absolute atomic E-state index is 12.9. The summed E-state index contributed by atoms with van der Waals surface area (Å²) in [5.41, 5.74) is -0.154. The Balaban J connectivity index is 1.98. The monoisotopic (exact) mass is 328 g/mol. The molecular weight excluding hydrogens is 308 g/mol. The van der Waals surface area contributed by atoms with Gasteiger partial charge in [0.05, 0.1) is 0 Å². The highest BCUT2D eigenvalue weighted by molar-refractivity contribution is 7.98. The number of rotatable bonds is 5. The summed E-state index contributed by atoms with van der Waals surface area (Å²) < 4.78 is 0. The zero-order chi connectivity index (χ0) is 16.4. The summed E-state index contributed by atoms with van der Waals surface area (Å²) in [6, 6.07) is 13.5. The van der Waals surface area contributed by atoms with Crippen molar-refractivity contribution < 1.29 is 9.59 Å². The van der Waals surface area contributed by atoms with Gasteiger partial charge in [-0.2, -0.15) is 11.8 Å². The van der Waals surface area contributed by atoms with Crippen molar-refractivity contribution in [3.8, 4) is 0 Å². The highest BCUT2D eigenvalue weighted by atomic mass is 32.2. The van der Waals surface area contributed by atoms with Crippen LogP contribution in [0.25, 0.3) is 10.8 Å². The first-order valence-corrected chi connectivity index (χ1v) is 9.08. The molecule has 1 fully saturated rings. The molecule has 1 aliphatic heterocycles. The van der Waals surface area contributed by atoms with E-state index in [2.05, 4.69) is 5.32 Å². The summed E-state index contributed by atoms with van der Waals surface area (Å²) >= 11 is 1.72. The molecule has 0 aromatic heterocycles. The Morgan fingerprint density at radius 1 is 1.13 bits per heavy atom. The van der Waals surface area contributed by atoms with E-state index >= 15 is 0 Å². The molecule has 5 heteroatoms. The first-order chi connectivity index (χ1) is 11.1. The zero-order valence-corrected chi connectivity index (χ0v) is 14.2. The lowest BCUT2D eigenvalue weighted by molar-refractivity contribution is -0.131. The van der Waals surface area contributed by atoms with E-state index in [1.807, 2.05) is 48.7 Å². The van der Waals surface area contributed by atoms with Crippen LogP contribution >= 0.6 is 11.8 Å². The lowest BCUT2D eigenvalue weighted by Gasteiger charge is -2.24. The van der Waals surface area contributed by atoms with E-state index < -0.39 is 5.54 Å². The summed E-state index contributed by atoms with van der Waals surface area (Å²) in [5.74, 6) is 0.766. The fraction of sp³-hybridized carbons (Fsp3) is 0.333. The Bertz CT molecular complexity index is 756. The van der Waals surface area contributed by atoms with Crippen molar-refractivity contribution in [3.63, 3.8) is 0 Å². The molecule has 1 atom stereocenters. The van der Waals surface area contributed by atoms with E-state index in [0.29, 0.717) is 6.54 Å². The van der Waals surface area contributed by atoms with E-state index in [-0.39, 0.29) is 11.9 Å². The van der Waals surface area contributed by atoms with Gasteiger partial charge >= 0.3 is 6.03 Å². The van der Waals surface area contributed by atoms with Crippen LogP contribution in [0.4, 0.5) is 4.79 Å². The molecule has 3 rings (SSSR count). The number of hydrogen-bond acceptors (Lipinski definition) is 3. The zero-order valence-electron chi connectivity index (χ0n) is 13.3. The Kier molecular flexibility index (Phi) is 4.31. The molecule has 1 N–H and O–H groups in total. The standard InChI is InChI=1S/C18H20N2O2S/c1-18(15-10-5-8-13-7-3-4-9-14(13)15)16(21)20(17(22)19-18)11-6-12-23-2/h3-5,7-10H,6,11-12H2,1-2H3,(H,19,22)/t18-/m0/s1. The third-order valence-electron chi connectivity index (χ3n) is 4.33. The van der Waals surface area contributed by atoms with Crippen LogP contribution in [0.3, 0.4) is 0 Å².